The Morgan fingerprint density at radius 1 is 1.39 bits per heavy atom. The summed E-state index contributed by atoms with van der Waals surface area (Å²) in [5.74, 6) is 0.267. The number of hydrogen-bond donors (Lipinski definition) is 1. The standard InChI is InChI=1S/C13H11FN4/c1-9-16-5-4-12(18-9)8-17-13-3-2-11(14)6-10(13)7-15/h2-6,17H,8H2,1H3. The van der Waals surface area contributed by atoms with E-state index in [0.717, 1.165) is 5.69 Å². The van der Waals surface area contributed by atoms with Crippen LogP contribution in [-0.2, 0) is 6.54 Å². The highest BCUT2D eigenvalue weighted by Gasteiger charge is 2.03. The fourth-order valence-corrected chi connectivity index (χ4v) is 1.55. The smallest absolute Gasteiger partial charge is 0.125 e. The van der Waals surface area contributed by atoms with Crippen LogP contribution >= 0.6 is 0 Å². The number of halogens is 1. The van der Waals surface area contributed by atoms with Gasteiger partial charge in [-0.1, -0.05) is 0 Å². The van der Waals surface area contributed by atoms with Crippen molar-refractivity contribution in [2.45, 2.75) is 13.5 Å². The lowest BCUT2D eigenvalue weighted by atomic mass is 10.2. The lowest BCUT2D eigenvalue weighted by molar-refractivity contribution is 0.627. The summed E-state index contributed by atoms with van der Waals surface area (Å²) < 4.78 is 13.0. The fourth-order valence-electron chi connectivity index (χ4n) is 1.55. The maximum absolute atomic E-state index is 13.0. The van der Waals surface area contributed by atoms with Crippen LogP contribution in [0.5, 0.6) is 0 Å². The second kappa shape index (κ2) is 5.23. The van der Waals surface area contributed by atoms with E-state index in [1.807, 2.05) is 13.0 Å². The number of benzene rings is 1. The van der Waals surface area contributed by atoms with Crippen molar-refractivity contribution in [3.8, 4) is 6.07 Å². The number of nitrogens with zero attached hydrogens (tertiary/aromatic N) is 3. The van der Waals surface area contributed by atoms with Crippen molar-refractivity contribution in [1.29, 1.82) is 5.26 Å². The van der Waals surface area contributed by atoms with Crippen molar-refractivity contribution in [3.63, 3.8) is 0 Å². The first kappa shape index (κ1) is 12.0. The van der Waals surface area contributed by atoms with Crippen LogP contribution in [0.1, 0.15) is 17.1 Å². The van der Waals surface area contributed by atoms with E-state index < -0.39 is 5.82 Å². The molecular formula is C13H11FN4. The summed E-state index contributed by atoms with van der Waals surface area (Å²) in [5, 5.41) is 12.0. The molecule has 90 valence electrons. The molecule has 0 aliphatic heterocycles. The minimum atomic E-state index is -0.421. The highest BCUT2D eigenvalue weighted by atomic mass is 19.1. The van der Waals surface area contributed by atoms with Crippen LogP contribution < -0.4 is 5.32 Å². The van der Waals surface area contributed by atoms with Crippen LogP contribution in [0.15, 0.2) is 30.5 Å². The van der Waals surface area contributed by atoms with Crippen LogP contribution in [0.4, 0.5) is 10.1 Å². The zero-order valence-corrected chi connectivity index (χ0v) is 9.81. The number of anilines is 1. The summed E-state index contributed by atoms with van der Waals surface area (Å²) in [6.45, 7) is 2.27. The van der Waals surface area contributed by atoms with Gasteiger partial charge in [0.15, 0.2) is 0 Å². The molecule has 0 unspecified atom stereocenters. The first-order valence-corrected chi connectivity index (χ1v) is 5.41. The predicted molar refractivity (Wildman–Crippen MR) is 65.2 cm³/mol. The summed E-state index contributed by atoms with van der Waals surface area (Å²) >= 11 is 0. The summed E-state index contributed by atoms with van der Waals surface area (Å²) in [5.41, 5.74) is 1.69. The van der Waals surface area contributed by atoms with Crippen molar-refractivity contribution >= 4 is 5.69 Å². The van der Waals surface area contributed by atoms with E-state index in [0.29, 0.717) is 18.1 Å². The van der Waals surface area contributed by atoms with Gasteiger partial charge in [0.25, 0.3) is 0 Å². The molecule has 1 N–H and O–H groups in total. The first-order valence-electron chi connectivity index (χ1n) is 5.41. The quantitative estimate of drug-likeness (QED) is 0.897. The molecule has 1 aromatic heterocycles. The van der Waals surface area contributed by atoms with Gasteiger partial charge >= 0.3 is 0 Å². The average molecular weight is 242 g/mol. The highest BCUT2D eigenvalue weighted by molar-refractivity contribution is 5.57. The molecule has 0 aliphatic carbocycles. The van der Waals surface area contributed by atoms with Gasteiger partial charge in [0.05, 0.1) is 23.5 Å². The van der Waals surface area contributed by atoms with Gasteiger partial charge in [-0.2, -0.15) is 5.26 Å². The minimum Gasteiger partial charge on any atom is -0.378 e. The van der Waals surface area contributed by atoms with Crippen LogP contribution in [0.25, 0.3) is 0 Å². The Morgan fingerprint density at radius 2 is 2.22 bits per heavy atom. The average Bonchev–Trinajstić information content (AvgIpc) is 2.37. The summed E-state index contributed by atoms with van der Waals surface area (Å²) in [7, 11) is 0. The van der Waals surface area contributed by atoms with Crippen LogP contribution in [0.2, 0.25) is 0 Å². The lowest BCUT2D eigenvalue weighted by Gasteiger charge is -2.07. The summed E-state index contributed by atoms with van der Waals surface area (Å²) in [4.78, 5) is 8.23. The molecule has 0 fully saturated rings. The molecule has 0 atom stereocenters. The monoisotopic (exact) mass is 242 g/mol. The Balaban J connectivity index is 2.14. The molecule has 1 heterocycles. The molecule has 0 aliphatic rings. The van der Waals surface area contributed by atoms with Crippen LogP contribution in [-0.4, -0.2) is 9.97 Å². The van der Waals surface area contributed by atoms with E-state index in [9.17, 15) is 4.39 Å². The Bertz CT molecular complexity index is 604. The topological polar surface area (TPSA) is 61.6 Å². The third-order valence-corrected chi connectivity index (χ3v) is 2.40. The van der Waals surface area contributed by atoms with Gasteiger partial charge in [-0.15, -0.1) is 0 Å². The number of hydrogen-bond acceptors (Lipinski definition) is 4. The maximum Gasteiger partial charge on any atom is 0.125 e. The zero-order valence-electron chi connectivity index (χ0n) is 9.81. The van der Waals surface area contributed by atoms with Gasteiger partial charge in [0.2, 0.25) is 0 Å². The van der Waals surface area contributed by atoms with Gasteiger partial charge < -0.3 is 5.32 Å². The molecule has 0 saturated heterocycles. The zero-order chi connectivity index (χ0) is 13.0. The van der Waals surface area contributed by atoms with Gasteiger partial charge in [-0.3, -0.25) is 0 Å². The predicted octanol–water partition coefficient (Wildman–Crippen LogP) is 2.41. The Hall–Kier alpha value is -2.48. The molecule has 1 aromatic carbocycles. The van der Waals surface area contributed by atoms with Gasteiger partial charge in [-0.05, 0) is 31.2 Å². The third-order valence-electron chi connectivity index (χ3n) is 2.40. The van der Waals surface area contributed by atoms with Crippen molar-refractivity contribution < 1.29 is 4.39 Å². The van der Waals surface area contributed by atoms with Crippen molar-refractivity contribution in [1.82, 2.24) is 9.97 Å². The Kier molecular flexibility index (Phi) is 3.49. The lowest BCUT2D eigenvalue weighted by Crippen LogP contribution is -2.04. The van der Waals surface area contributed by atoms with E-state index in [4.69, 9.17) is 5.26 Å². The number of nitriles is 1. The van der Waals surface area contributed by atoms with Crippen molar-refractivity contribution in [2.24, 2.45) is 0 Å². The Morgan fingerprint density at radius 3 is 2.94 bits per heavy atom. The normalized spacial score (nSPS) is 9.83. The maximum atomic E-state index is 13.0. The number of nitrogens with one attached hydrogen (secondary N) is 1. The Labute approximate surface area is 104 Å². The fraction of sp³-hybridized carbons (Fsp3) is 0.154. The molecule has 2 aromatic rings. The molecule has 5 heteroatoms. The number of aromatic nitrogens is 2. The summed E-state index contributed by atoms with van der Waals surface area (Å²) in [6, 6.07) is 7.80. The van der Waals surface area contributed by atoms with E-state index in [-0.39, 0.29) is 5.56 Å². The molecule has 0 saturated carbocycles. The van der Waals surface area contributed by atoms with Crippen LogP contribution in [0.3, 0.4) is 0 Å². The largest absolute Gasteiger partial charge is 0.378 e. The van der Waals surface area contributed by atoms with Crippen molar-refractivity contribution in [3.05, 3.63) is 53.4 Å². The minimum absolute atomic E-state index is 0.278. The molecular weight excluding hydrogens is 231 g/mol. The van der Waals surface area contributed by atoms with Gasteiger partial charge in [-0.25, -0.2) is 14.4 Å². The van der Waals surface area contributed by atoms with Gasteiger partial charge in [0.1, 0.15) is 17.7 Å². The molecule has 18 heavy (non-hydrogen) atoms. The molecule has 0 amide bonds. The second-order valence-corrected chi connectivity index (χ2v) is 3.75. The van der Waals surface area contributed by atoms with E-state index in [1.165, 1.54) is 12.1 Å². The SMILES string of the molecule is Cc1nccc(CNc2ccc(F)cc2C#N)n1. The third kappa shape index (κ3) is 2.80. The molecule has 2 rings (SSSR count). The number of aryl methyl sites for hydroxylation is 1. The van der Waals surface area contributed by atoms with E-state index in [1.54, 1.807) is 18.3 Å². The van der Waals surface area contributed by atoms with E-state index >= 15 is 0 Å². The molecule has 0 radical (unpaired) electrons. The van der Waals surface area contributed by atoms with Gasteiger partial charge in [0, 0.05) is 6.20 Å². The first-order chi connectivity index (χ1) is 8.69. The molecule has 0 bridgehead atoms. The molecule has 0 spiro atoms. The van der Waals surface area contributed by atoms with E-state index in [2.05, 4.69) is 15.3 Å². The second-order valence-electron chi connectivity index (χ2n) is 3.75. The highest BCUT2D eigenvalue weighted by Crippen LogP contribution is 2.16. The molecule has 4 nitrogen and oxygen atoms in total. The van der Waals surface area contributed by atoms with Crippen molar-refractivity contribution in [2.75, 3.05) is 5.32 Å². The van der Waals surface area contributed by atoms with Crippen LogP contribution in [0, 0.1) is 24.1 Å². The summed E-state index contributed by atoms with van der Waals surface area (Å²) in [6.07, 6.45) is 1.68. The number of rotatable bonds is 3.